The number of hydrogen-bond acceptors (Lipinski definition) is 8. The molecule has 3 N–H and O–H groups in total. The normalized spacial score (nSPS) is 22.7. The Morgan fingerprint density at radius 3 is 2.35 bits per heavy atom. The molecular weight excluding hydrogens is 628 g/mol. The Hall–Kier alpha value is -4.03. The molecule has 268 valence electrons. The van der Waals surface area contributed by atoms with Crippen LogP contribution in [0, 0.1) is 11.8 Å². The van der Waals surface area contributed by atoms with Gasteiger partial charge in [-0.3, -0.25) is 9.59 Å². The predicted octanol–water partition coefficient (Wildman–Crippen LogP) is 5.89. The Labute approximate surface area is 289 Å². The minimum atomic E-state index is -0.513. The fourth-order valence-electron chi connectivity index (χ4n) is 6.75. The van der Waals surface area contributed by atoms with Gasteiger partial charge in [0.1, 0.15) is 5.75 Å². The maximum absolute atomic E-state index is 14.4. The number of aliphatic hydroxyl groups excluding tert-OH is 1. The van der Waals surface area contributed by atoms with Gasteiger partial charge in [-0.25, -0.2) is 4.79 Å². The minimum absolute atomic E-state index is 0.0555. The molecule has 12 heteroatoms. The van der Waals surface area contributed by atoms with E-state index in [0.29, 0.717) is 41.8 Å². The lowest BCUT2D eigenvalue weighted by molar-refractivity contribution is -0.137. The van der Waals surface area contributed by atoms with Crippen molar-refractivity contribution < 1.29 is 38.4 Å². The van der Waals surface area contributed by atoms with Gasteiger partial charge in [0.25, 0.3) is 5.91 Å². The van der Waals surface area contributed by atoms with E-state index < -0.39 is 12.1 Å². The van der Waals surface area contributed by atoms with Gasteiger partial charge in [-0.1, -0.05) is 26.2 Å². The SMILES string of the molecule is C[C@@H]1CCCCO[C@@H](CN(C)C(=O)C2CCCCC2)[C@H](C)CN([C@H](C)CO)C(=O)c2cc(NC(=O)Nc3ccc4c(c3)OCO4)ccc2O1. The van der Waals surface area contributed by atoms with Crippen LogP contribution in [0.4, 0.5) is 16.2 Å². The largest absolute Gasteiger partial charge is 0.490 e. The zero-order valence-electron chi connectivity index (χ0n) is 29.2. The van der Waals surface area contributed by atoms with Crippen molar-refractivity contribution in [1.29, 1.82) is 0 Å². The molecule has 49 heavy (non-hydrogen) atoms. The van der Waals surface area contributed by atoms with Gasteiger partial charge in [0.15, 0.2) is 11.5 Å². The number of urea groups is 1. The van der Waals surface area contributed by atoms with Gasteiger partial charge in [0, 0.05) is 56.0 Å². The summed E-state index contributed by atoms with van der Waals surface area (Å²) in [7, 11) is 1.85. The smallest absolute Gasteiger partial charge is 0.323 e. The third kappa shape index (κ3) is 9.57. The second-order valence-electron chi connectivity index (χ2n) is 13.7. The van der Waals surface area contributed by atoms with Crippen molar-refractivity contribution >= 4 is 29.2 Å². The second kappa shape index (κ2) is 17.1. The molecule has 1 saturated carbocycles. The monoisotopic (exact) mass is 680 g/mol. The molecule has 12 nitrogen and oxygen atoms in total. The maximum Gasteiger partial charge on any atom is 0.323 e. The fourth-order valence-corrected chi connectivity index (χ4v) is 6.75. The molecule has 2 heterocycles. The molecule has 3 aliphatic rings. The van der Waals surface area contributed by atoms with Crippen LogP contribution in [0.25, 0.3) is 0 Å². The van der Waals surface area contributed by atoms with Crippen molar-refractivity contribution in [3.05, 3.63) is 42.0 Å². The van der Waals surface area contributed by atoms with Crippen LogP contribution in [-0.4, -0.2) is 91.1 Å². The number of ether oxygens (including phenoxy) is 4. The first kappa shape index (κ1) is 36.3. The lowest BCUT2D eigenvalue weighted by Gasteiger charge is -2.36. The van der Waals surface area contributed by atoms with Crippen molar-refractivity contribution in [2.24, 2.45) is 11.8 Å². The third-order valence-corrected chi connectivity index (χ3v) is 9.72. The Morgan fingerprint density at radius 1 is 0.939 bits per heavy atom. The van der Waals surface area contributed by atoms with Crippen LogP contribution in [0.1, 0.15) is 82.5 Å². The van der Waals surface area contributed by atoms with Crippen molar-refractivity contribution in [3.63, 3.8) is 0 Å². The zero-order chi connectivity index (χ0) is 34.9. The summed E-state index contributed by atoms with van der Waals surface area (Å²) in [5, 5.41) is 15.9. The number of carbonyl (C=O) groups is 3. The number of anilines is 2. The van der Waals surface area contributed by atoms with E-state index in [4.69, 9.17) is 18.9 Å². The number of nitrogens with zero attached hydrogens (tertiary/aromatic N) is 2. The van der Waals surface area contributed by atoms with Gasteiger partial charge in [-0.2, -0.15) is 0 Å². The number of nitrogens with one attached hydrogen (secondary N) is 2. The minimum Gasteiger partial charge on any atom is -0.490 e. The van der Waals surface area contributed by atoms with Gasteiger partial charge < -0.3 is 44.5 Å². The van der Waals surface area contributed by atoms with Crippen LogP contribution < -0.4 is 24.8 Å². The predicted molar refractivity (Wildman–Crippen MR) is 186 cm³/mol. The van der Waals surface area contributed by atoms with Crippen molar-refractivity contribution in [2.45, 2.75) is 90.4 Å². The Kier molecular flexibility index (Phi) is 12.6. The summed E-state index contributed by atoms with van der Waals surface area (Å²) in [4.78, 5) is 44.2. The van der Waals surface area contributed by atoms with E-state index in [-0.39, 0.29) is 61.4 Å². The highest BCUT2D eigenvalue weighted by Gasteiger charge is 2.32. The quantitative estimate of drug-likeness (QED) is 0.329. The van der Waals surface area contributed by atoms with Crippen LogP contribution >= 0.6 is 0 Å². The molecule has 0 unspecified atom stereocenters. The maximum atomic E-state index is 14.4. The Balaban J connectivity index is 1.36. The first-order valence-corrected chi connectivity index (χ1v) is 17.7. The van der Waals surface area contributed by atoms with Gasteiger partial charge in [-0.15, -0.1) is 0 Å². The number of benzene rings is 2. The standard InChI is InChI=1S/C37H52N4O8/c1-24-20-41(25(2)22-42)36(44)30-18-28(38-37(45)39-29-14-16-32-33(19-29)48-23-47-32)13-15-31(30)49-26(3)10-8-9-17-46-34(24)21-40(4)35(43)27-11-6-5-7-12-27/h13-16,18-19,24-27,34,42H,5-12,17,20-23H2,1-4H3,(H2,38,39,45)/t24-,25-,26-,34+/m1/s1. The van der Waals surface area contributed by atoms with Crippen LogP contribution in [0.3, 0.4) is 0 Å². The van der Waals surface area contributed by atoms with E-state index in [1.54, 1.807) is 53.1 Å². The summed E-state index contributed by atoms with van der Waals surface area (Å²) < 4.78 is 23.5. The molecule has 2 aliphatic heterocycles. The number of fused-ring (bicyclic) bond motifs is 2. The molecule has 1 fully saturated rings. The summed E-state index contributed by atoms with van der Waals surface area (Å²) in [5.41, 5.74) is 1.20. The number of hydrogen-bond donors (Lipinski definition) is 3. The molecule has 2 aromatic carbocycles. The van der Waals surface area contributed by atoms with E-state index in [0.717, 1.165) is 44.9 Å². The highest BCUT2D eigenvalue weighted by Crippen LogP contribution is 2.34. The van der Waals surface area contributed by atoms with Crippen molar-refractivity contribution in [3.8, 4) is 17.2 Å². The molecule has 0 saturated heterocycles. The summed E-state index contributed by atoms with van der Waals surface area (Å²) in [5.74, 6) is 1.29. The molecule has 2 aromatic rings. The van der Waals surface area contributed by atoms with Crippen LogP contribution in [-0.2, 0) is 9.53 Å². The van der Waals surface area contributed by atoms with Crippen LogP contribution in [0.5, 0.6) is 17.2 Å². The average molecular weight is 681 g/mol. The van der Waals surface area contributed by atoms with Crippen molar-refractivity contribution in [2.75, 3.05) is 50.8 Å². The number of carbonyl (C=O) groups excluding carboxylic acids is 3. The fraction of sp³-hybridized carbons (Fsp3) is 0.595. The second-order valence-corrected chi connectivity index (χ2v) is 13.7. The molecule has 0 bridgehead atoms. The molecular formula is C37H52N4O8. The van der Waals surface area contributed by atoms with Gasteiger partial charge in [0.05, 0.1) is 30.4 Å². The molecule has 0 spiro atoms. The topological polar surface area (TPSA) is 139 Å². The van der Waals surface area contributed by atoms with Crippen LogP contribution in [0.2, 0.25) is 0 Å². The van der Waals surface area contributed by atoms with E-state index in [9.17, 15) is 19.5 Å². The summed E-state index contributed by atoms with van der Waals surface area (Å²) in [6.45, 7) is 6.93. The number of aliphatic hydroxyl groups is 1. The summed E-state index contributed by atoms with van der Waals surface area (Å²) >= 11 is 0. The van der Waals surface area contributed by atoms with Gasteiger partial charge in [0.2, 0.25) is 12.7 Å². The van der Waals surface area contributed by atoms with E-state index in [1.165, 1.54) is 6.42 Å². The first-order valence-electron chi connectivity index (χ1n) is 17.7. The highest BCUT2D eigenvalue weighted by molar-refractivity contribution is 6.02. The zero-order valence-corrected chi connectivity index (χ0v) is 29.2. The summed E-state index contributed by atoms with van der Waals surface area (Å²) in [6, 6.07) is 9.12. The Morgan fingerprint density at radius 2 is 1.61 bits per heavy atom. The van der Waals surface area contributed by atoms with Crippen molar-refractivity contribution in [1.82, 2.24) is 9.80 Å². The van der Waals surface area contributed by atoms with E-state index >= 15 is 0 Å². The average Bonchev–Trinajstić information content (AvgIpc) is 3.57. The molecule has 0 aromatic heterocycles. The number of amides is 4. The third-order valence-electron chi connectivity index (χ3n) is 9.72. The van der Waals surface area contributed by atoms with E-state index in [1.807, 2.05) is 20.9 Å². The highest BCUT2D eigenvalue weighted by atomic mass is 16.7. The van der Waals surface area contributed by atoms with Crippen LogP contribution in [0.15, 0.2) is 36.4 Å². The Bertz CT molecular complexity index is 1450. The lowest BCUT2D eigenvalue weighted by Crippen LogP contribution is -2.48. The van der Waals surface area contributed by atoms with Gasteiger partial charge in [-0.05, 0) is 76.3 Å². The molecule has 4 amide bonds. The molecule has 1 aliphatic carbocycles. The lowest BCUT2D eigenvalue weighted by atomic mass is 9.88. The number of rotatable bonds is 7. The van der Waals surface area contributed by atoms with E-state index in [2.05, 4.69) is 10.6 Å². The molecule has 0 radical (unpaired) electrons. The summed E-state index contributed by atoms with van der Waals surface area (Å²) in [6.07, 6.45) is 7.19. The first-order chi connectivity index (χ1) is 23.6. The molecule has 4 atom stereocenters. The number of likely N-dealkylation sites (N-methyl/N-ethyl adjacent to an activating group) is 1. The molecule has 5 rings (SSSR count). The van der Waals surface area contributed by atoms with Gasteiger partial charge >= 0.3 is 6.03 Å².